The highest BCUT2D eigenvalue weighted by Crippen LogP contribution is 2.08. The third-order valence-corrected chi connectivity index (χ3v) is 2.47. The van der Waals surface area contributed by atoms with Crippen LogP contribution in [-0.2, 0) is 0 Å². The van der Waals surface area contributed by atoms with Crippen LogP contribution in [0.15, 0.2) is 12.3 Å². The van der Waals surface area contributed by atoms with Gasteiger partial charge in [-0.25, -0.2) is 4.79 Å². The first-order valence-electron chi connectivity index (χ1n) is 4.89. The molecule has 0 unspecified atom stereocenters. The molecule has 1 fully saturated rings. The van der Waals surface area contributed by atoms with Gasteiger partial charge in [-0.3, -0.25) is 0 Å². The number of carbonyl (C=O) groups excluding carboxylic acids is 1. The Morgan fingerprint density at radius 1 is 1.14 bits per heavy atom. The lowest BCUT2D eigenvalue weighted by Gasteiger charge is -2.37. The summed E-state index contributed by atoms with van der Waals surface area (Å²) in [6.07, 6.45) is 0. The van der Waals surface area contributed by atoms with Crippen LogP contribution >= 0.6 is 0 Å². The highest BCUT2D eigenvalue weighted by atomic mass is 16.2. The summed E-state index contributed by atoms with van der Waals surface area (Å²) in [4.78, 5) is 17.3. The van der Waals surface area contributed by atoms with Crippen LogP contribution in [0.25, 0.3) is 0 Å². The minimum Gasteiger partial charge on any atom is -0.372 e. The Balaban J connectivity index is 2.43. The Kier molecular flexibility index (Phi) is 3.38. The zero-order chi connectivity index (χ0) is 10.7. The fraction of sp³-hybridized carbons (Fsp3) is 0.700. The average Bonchev–Trinajstić information content (AvgIpc) is 2.16. The van der Waals surface area contributed by atoms with Crippen LogP contribution in [0.4, 0.5) is 4.79 Å². The Morgan fingerprint density at radius 3 is 1.93 bits per heavy atom. The van der Waals surface area contributed by atoms with Gasteiger partial charge in [0.15, 0.2) is 0 Å². The third kappa shape index (κ3) is 2.40. The first-order valence-corrected chi connectivity index (χ1v) is 4.89. The highest BCUT2D eigenvalue weighted by molar-refractivity contribution is 5.73. The van der Waals surface area contributed by atoms with Crippen molar-refractivity contribution in [3.63, 3.8) is 0 Å². The van der Waals surface area contributed by atoms with Crippen molar-refractivity contribution in [1.82, 2.24) is 14.7 Å². The second kappa shape index (κ2) is 4.35. The molecule has 4 nitrogen and oxygen atoms in total. The van der Waals surface area contributed by atoms with E-state index in [4.69, 9.17) is 0 Å². The Morgan fingerprint density at radius 2 is 1.57 bits per heavy atom. The summed E-state index contributed by atoms with van der Waals surface area (Å²) >= 11 is 0. The van der Waals surface area contributed by atoms with E-state index in [1.165, 1.54) is 0 Å². The summed E-state index contributed by atoms with van der Waals surface area (Å²) in [6, 6.07) is 0.103. The Hall–Kier alpha value is -1.19. The molecule has 0 aromatic carbocycles. The molecule has 0 bridgehead atoms. The molecule has 0 atom stereocenters. The van der Waals surface area contributed by atoms with Crippen LogP contribution < -0.4 is 0 Å². The second-order valence-corrected chi connectivity index (χ2v) is 3.89. The zero-order valence-electron chi connectivity index (χ0n) is 9.29. The summed E-state index contributed by atoms with van der Waals surface area (Å²) in [5.41, 5.74) is 1.09. The zero-order valence-corrected chi connectivity index (χ0v) is 9.29. The van der Waals surface area contributed by atoms with Crippen molar-refractivity contribution in [2.24, 2.45) is 0 Å². The van der Waals surface area contributed by atoms with E-state index in [0.717, 1.165) is 31.9 Å². The van der Waals surface area contributed by atoms with Crippen LogP contribution in [-0.4, -0.2) is 61.0 Å². The number of nitrogens with zero attached hydrogens (tertiary/aromatic N) is 3. The van der Waals surface area contributed by atoms with Gasteiger partial charge in [0.1, 0.15) is 0 Å². The molecule has 0 spiro atoms. The van der Waals surface area contributed by atoms with Gasteiger partial charge >= 0.3 is 6.03 Å². The summed E-state index contributed by atoms with van der Waals surface area (Å²) in [5.74, 6) is 0. The molecule has 4 heteroatoms. The van der Waals surface area contributed by atoms with Crippen molar-refractivity contribution in [3.8, 4) is 0 Å². The van der Waals surface area contributed by atoms with Crippen LogP contribution in [0.1, 0.15) is 6.92 Å². The molecule has 1 aliphatic heterocycles. The largest absolute Gasteiger partial charge is 0.372 e. The van der Waals surface area contributed by atoms with Gasteiger partial charge in [0.25, 0.3) is 0 Å². The van der Waals surface area contributed by atoms with Crippen LogP contribution in [0.3, 0.4) is 0 Å². The van der Waals surface area contributed by atoms with Gasteiger partial charge in [-0.2, -0.15) is 0 Å². The molecule has 0 aliphatic carbocycles. The van der Waals surface area contributed by atoms with Crippen molar-refractivity contribution in [3.05, 3.63) is 12.3 Å². The molecule has 0 saturated carbocycles. The molecule has 2 amide bonds. The minimum atomic E-state index is 0.103. The van der Waals surface area contributed by atoms with Crippen LogP contribution in [0.5, 0.6) is 0 Å². The molecular formula is C10H19N3O. The molecule has 0 N–H and O–H groups in total. The molecule has 0 radical (unpaired) electrons. The fourth-order valence-corrected chi connectivity index (χ4v) is 1.56. The Bertz CT molecular complexity index is 230. The van der Waals surface area contributed by atoms with Gasteiger partial charge in [0.2, 0.25) is 0 Å². The predicted octanol–water partition coefficient (Wildman–Crippen LogP) is 0.819. The van der Waals surface area contributed by atoms with Gasteiger partial charge in [-0.1, -0.05) is 6.58 Å². The van der Waals surface area contributed by atoms with Crippen molar-refractivity contribution in [1.29, 1.82) is 0 Å². The van der Waals surface area contributed by atoms with Crippen molar-refractivity contribution in [2.45, 2.75) is 6.92 Å². The van der Waals surface area contributed by atoms with E-state index in [2.05, 4.69) is 11.5 Å². The van der Waals surface area contributed by atoms with Gasteiger partial charge in [0, 0.05) is 46.0 Å². The van der Waals surface area contributed by atoms with E-state index in [1.807, 2.05) is 11.8 Å². The number of hydrogen-bond acceptors (Lipinski definition) is 2. The lowest BCUT2D eigenvalue weighted by atomic mass is 10.3. The lowest BCUT2D eigenvalue weighted by Crippen LogP contribution is -2.50. The fourth-order valence-electron chi connectivity index (χ4n) is 1.56. The molecule has 1 heterocycles. The molecule has 1 aliphatic rings. The first kappa shape index (κ1) is 10.9. The minimum absolute atomic E-state index is 0.103. The molecular weight excluding hydrogens is 178 g/mol. The standard InChI is InChI=1S/C10H19N3O/c1-9(2)12-5-7-13(8-6-12)10(14)11(3)4/h1,5-8H2,2-4H3. The number of amides is 2. The summed E-state index contributed by atoms with van der Waals surface area (Å²) in [5, 5.41) is 0. The number of rotatable bonds is 1. The SMILES string of the molecule is C=C(C)N1CCN(C(=O)N(C)C)CC1. The average molecular weight is 197 g/mol. The maximum absolute atomic E-state index is 11.6. The highest BCUT2D eigenvalue weighted by Gasteiger charge is 2.21. The first-order chi connectivity index (χ1) is 6.52. The summed E-state index contributed by atoms with van der Waals surface area (Å²) in [6.45, 7) is 9.29. The third-order valence-electron chi connectivity index (χ3n) is 2.47. The van der Waals surface area contributed by atoms with Crippen molar-refractivity contribution >= 4 is 6.03 Å². The second-order valence-electron chi connectivity index (χ2n) is 3.89. The quantitative estimate of drug-likeness (QED) is 0.622. The molecule has 14 heavy (non-hydrogen) atoms. The Labute approximate surface area is 85.8 Å². The lowest BCUT2D eigenvalue weighted by molar-refractivity contribution is 0.137. The van der Waals surface area contributed by atoms with Gasteiger partial charge in [-0.15, -0.1) is 0 Å². The molecule has 1 rings (SSSR count). The van der Waals surface area contributed by atoms with Gasteiger partial charge < -0.3 is 14.7 Å². The maximum Gasteiger partial charge on any atom is 0.319 e. The van der Waals surface area contributed by atoms with Gasteiger partial charge in [0.05, 0.1) is 0 Å². The van der Waals surface area contributed by atoms with Gasteiger partial charge in [-0.05, 0) is 6.92 Å². The normalized spacial score (nSPS) is 16.8. The number of piperazine rings is 1. The number of urea groups is 1. The topological polar surface area (TPSA) is 26.8 Å². The van der Waals surface area contributed by atoms with Crippen molar-refractivity contribution < 1.29 is 4.79 Å². The predicted molar refractivity (Wildman–Crippen MR) is 57.0 cm³/mol. The van der Waals surface area contributed by atoms with E-state index in [0.29, 0.717) is 0 Å². The monoisotopic (exact) mass is 197 g/mol. The van der Waals surface area contributed by atoms with E-state index < -0.39 is 0 Å². The van der Waals surface area contributed by atoms with E-state index in [-0.39, 0.29) is 6.03 Å². The van der Waals surface area contributed by atoms with Crippen molar-refractivity contribution in [2.75, 3.05) is 40.3 Å². The number of hydrogen-bond donors (Lipinski definition) is 0. The maximum atomic E-state index is 11.6. The molecule has 0 aromatic heterocycles. The molecule has 80 valence electrons. The van der Waals surface area contributed by atoms with Crippen LogP contribution in [0.2, 0.25) is 0 Å². The number of carbonyl (C=O) groups is 1. The van der Waals surface area contributed by atoms with Crippen LogP contribution in [0, 0.1) is 0 Å². The van der Waals surface area contributed by atoms with E-state index >= 15 is 0 Å². The molecule has 1 saturated heterocycles. The summed E-state index contributed by atoms with van der Waals surface area (Å²) in [7, 11) is 3.57. The van der Waals surface area contributed by atoms with E-state index in [9.17, 15) is 4.79 Å². The molecule has 0 aromatic rings. The smallest absolute Gasteiger partial charge is 0.319 e. The number of allylic oxidation sites excluding steroid dienone is 1. The summed E-state index contributed by atoms with van der Waals surface area (Å²) < 4.78 is 0. The van der Waals surface area contributed by atoms with E-state index in [1.54, 1.807) is 19.0 Å².